The molecule has 0 saturated heterocycles. The van der Waals surface area contributed by atoms with Crippen molar-refractivity contribution in [2.45, 2.75) is 43.8 Å². The number of sulfonamides is 1. The molecular weight excluding hydrogens is 436 g/mol. The number of nitrogens with one attached hydrogen (secondary N) is 1. The van der Waals surface area contributed by atoms with E-state index in [-0.39, 0.29) is 24.0 Å². The summed E-state index contributed by atoms with van der Waals surface area (Å²) in [6.07, 6.45) is 2.28. The van der Waals surface area contributed by atoms with Crippen LogP contribution in [0.2, 0.25) is 0 Å². The maximum atomic E-state index is 12.5. The van der Waals surface area contributed by atoms with Crippen LogP contribution in [0.3, 0.4) is 0 Å². The summed E-state index contributed by atoms with van der Waals surface area (Å²) >= 11 is 1.44. The molecule has 11 heteroatoms. The van der Waals surface area contributed by atoms with Crippen molar-refractivity contribution in [2.75, 3.05) is 24.6 Å². The van der Waals surface area contributed by atoms with Gasteiger partial charge in [0.1, 0.15) is 12.1 Å². The fourth-order valence-corrected chi connectivity index (χ4v) is 5.49. The SMILES string of the molecule is Cc1cc2c(cc1Sc1nc3c(N)ncnc3n1CCS(=O)(=O)NCC(C)C)OCC2. The van der Waals surface area contributed by atoms with Crippen molar-refractivity contribution in [1.29, 1.82) is 0 Å². The molecule has 1 aromatic carbocycles. The first kappa shape index (κ1) is 21.8. The van der Waals surface area contributed by atoms with Gasteiger partial charge in [0.05, 0.1) is 12.4 Å². The Labute approximate surface area is 185 Å². The van der Waals surface area contributed by atoms with E-state index in [1.807, 2.05) is 26.8 Å². The molecule has 3 aromatic rings. The van der Waals surface area contributed by atoms with Crippen molar-refractivity contribution in [2.24, 2.45) is 5.92 Å². The highest BCUT2D eigenvalue weighted by Gasteiger charge is 2.21. The van der Waals surface area contributed by atoms with E-state index in [1.54, 1.807) is 4.57 Å². The standard InChI is InChI=1S/C20H26N6O3S2/c1-12(2)10-24-31(27,28)7-5-26-19-17(18(21)22-11-23-19)25-20(26)30-16-9-15-14(4-6-29-15)8-13(16)3/h8-9,11-12,24H,4-7,10H2,1-3H3,(H2,21,22,23). The van der Waals surface area contributed by atoms with Crippen molar-refractivity contribution in [3.05, 3.63) is 29.6 Å². The fraction of sp³-hybridized carbons (Fsp3) is 0.450. The molecule has 0 spiro atoms. The van der Waals surface area contributed by atoms with Crippen molar-refractivity contribution in [3.8, 4) is 5.75 Å². The minimum atomic E-state index is -3.44. The van der Waals surface area contributed by atoms with Gasteiger partial charge in [0.2, 0.25) is 10.0 Å². The lowest BCUT2D eigenvalue weighted by molar-refractivity contribution is 0.356. The van der Waals surface area contributed by atoms with Gasteiger partial charge < -0.3 is 15.0 Å². The van der Waals surface area contributed by atoms with Gasteiger partial charge in [-0.1, -0.05) is 31.7 Å². The second-order valence-corrected chi connectivity index (χ2v) is 10.9. The highest BCUT2D eigenvalue weighted by atomic mass is 32.2. The molecule has 9 nitrogen and oxygen atoms in total. The van der Waals surface area contributed by atoms with E-state index in [0.29, 0.717) is 29.5 Å². The second-order valence-electron chi connectivity index (χ2n) is 7.96. The highest BCUT2D eigenvalue weighted by Crippen LogP contribution is 2.37. The predicted molar refractivity (Wildman–Crippen MR) is 121 cm³/mol. The van der Waals surface area contributed by atoms with Crippen LogP contribution in [0, 0.1) is 12.8 Å². The summed E-state index contributed by atoms with van der Waals surface area (Å²) in [5.74, 6) is 1.29. The van der Waals surface area contributed by atoms with Crippen LogP contribution in [0.5, 0.6) is 5.75 Å². The Morgan fingerprint density at radius 3 is 2.90 bits per heavy atom. The first-order valence-electron chi connectivity index (χ1n) is 10.1. The number of rotatable bonds is 8. The van der Waals surface area contributed by atoms with Crippen molar-refractivity contribution in [1.82, 2.24) is 24.2 Å². The number of imidazole rings is 1. The maximum Gasteiger partial charge on any atom is 0.213 e. The Balaban J connectivity index is 1.67. The van der Waals surface area contributed by atoms with E-state index >= 15 is 0 Å². The third-order valence-electron chi connectivity index (χ3n) is 5.01. The molecule has 1 aliphatic heterocycles. The molecule has 0 amide bonds. The third-order valence-corrected chi connectivity index (χ3v) is 7.49. The van der Waals surface area contributed by atoms with Crippen LogP contribution in [0.15, 0.2) is 28.5 Å². The quantitative estimate of drug-likeness (QED) is 0.523. The zero-order chi connectivity index (χ0) is 22.2. The molecule has 0 bridgehead atoms. The highest BCUT2D eigenvalue weighted by molar-refractivity contribution is 7.99. The summed E-state index contributed by atoms with van der Waals surface area (Å²) in [6.45, 7) is 7.25. The van der Waals surface area contributed by atoms with Gasteiger partial charge in [-0.3, -0.25) is 0 Å². The average molecular weight is 463 g/mol. The number of hydrogen-bond acceptors (Lipinski definition) is 8. The molecule has 0 aliphatic carbocycles. The number of nitrogens with two attached hydrogens (primary N) is 1. The van der Waals surface area contributed by atoms with Gasteiger partial charge in [-0.2, -0.15) is 0 Å². The largest absolute Gasteiger partial charge is 0.493 e. The first-order chi connectivity index (χ1) is 14.7. The van der Waals surface area contributed by atoms with E-state index in [0.717, 1.165) is 22.6 Å². The van der Waals surface area contributed by atoms with Crippen LogP contribution in [-0.2, 0) is 23.0 Å². The molecule has 0 unspecified atom stereocenters. The topological polar surface area (TPSA) is 125 Å². The number of aryl methyl sites for hydroxylation is 2. The molecule has 31 heavy (non-hydrogen) atoms. The van der Waals surface area contributed by atoms with Crippen molar-refractivity contribution < 1.29 is 13.2 Å². The molecule has 0 saturated carbocycles. The molecule has 2 aromatic heterocycles. The number of nitrogens with zero attached hydrogens (tertiary/aromatic N) is 4. The summed E-state index contributed by atoms with van der Waals surface area (Å²) in [4.78, 5) is 14.0. The van der Waals surface area contributed by atoms with Crippen LogP contribution >= 0.6 is 11.8 Å². The zero-order valence-corrected chi connectivity index (χ0v) is 19.4. The fourth-order valence-electron chi connectivity index (χ4n) is 3.33. The van der Waals surface area contributed by atoms with Gasteiger partial charge in [-0.15, -0.1) is 0 Å². The molecule has 0 atom stereocenters. The Hall–Kier alpha value is -2.37. The lowest BCUT2D eigenvalue weighted by atomic mass is 10.1. The third kappa shape index (κ3) is 4.78. The lowest BCUT2D eigenvalue weighted by Gasteiger charge is -2.12. The van der Waals surface area contributed by atoms with Gasteiger partial charge in [-0.05, 0) is 30.0 Å². The number of ether oxygens (including phenoxy) is 1. The first-order valence-corrected chi connectivity index (χ1v) is 12.6. The molecule has 0 fully saturated rings. The van der Waals surface area contributed by atoms with E-state index < -0.39 is 10.0 Å². The van der Waals surface area contributed by atoms with E-state index in [4.69, 9.17) is 10.5 Å². The molecular formula is C20H26N6O3S2. The minimum Gasteiger partial charge on any atom is -0.493 e. The number of benzene rings is 1. The number of hydrogen-bond donors (Lipinski definition) is 2. The monoisotopic (exact) mass is 462 g/mol. The summed E-state index contributed by atoms with van der Waals surface area (Å²) < 4.78 is 35.1. The van der Waals surface area contributed by atoms with Crippen LogP contribution in [0.25, 0.3) is 11.2 Å². The zero-order valence-electron chi connectivity index (χ0n) is 17.8. The Kier molecular flexibility index (Phi) is 6.09. The maximum absolute atomic E-state index is 12.5. The van der Waals surface area contributed by atoms with Gasteiger partial charge in [0, 0.05) is 24.4 Å². The van der Waals surface area contributed by atoms with Gasteiger partial charge in [0.25, 0.3) is 0 Å². The van der Waals surface area contributed by atoms with E-state index in [2.05, 4.69) is 25.7 Å². The Morgan fingerprint density at radius 1 is 1.32 bits per heavy atom. The van der Waals surface area contributed by atoms with Crippen LogP contribution in [-0.4, -0.2) is 46.8 Å². The number of fused-ring (bicyclic) bond motifs is 2. The normalized spacial score (nSPS) is 13.7. The van der Waals surface area contributed by atoms with Gasteiger partial charge in [-0.25, -0.2) is 28.1 Å². The lowest BCUT2D eigenvalue weighted by Crippen LogP contribution is -2.31. The summed E-state index contributed by atoms with van der Waals surface area (Å²) in [5.41, 5.74) is 9.31. The van der Waals surface area contributed by atoms with Crippen molar-refractivity contribution >= 4 is 38.8 Å². The summed E-state index contributed by atoms with van der Waals surface area (Å²) in [7, 11) is -3.44. The Bertz CT molecular complexity index is 1220. The number of anilines is 1. The van der Waals surface area contributed by atoms with Gasteiger partial charge >= 0.3 is 0 Å². The molecule has 166 valence electrons. The molecule has 4 rings (SSSR count). The van der Waals surface area contributed by atoms with Crippen LogP contribution in [0.1, 0.15) is 25.0 Å². The van der Waals surface area contributed by atoms with Crippen LogP contribution < -0.4 is 15.2 Å². The number of aromatic nitrogens is 4. The Morgan fingerprint density at radius 2 is 2.13 bits per heavy atom. The minimum absolute atomic E-state index is 0.0884. The predicted octanol–water partition coefficient (Wildman–Crippen LogP) is 2.38. The molecule has 3 heterocycles. The van der Waals surface area contributed by atoms with E-state index in [9.17, 15) is 8.42 Å². The average Bonchev–Trinajstić information content (AvgIpc) is 3.30. The second kappa shape index (κ2) is 8.64. The number of nitrogen functional groups attached to an aromatic ring is 1. The smallest absolute Gasteiger partial charge is 0.213 e. The summed E-state index contributed by atoms with van der Waals surface area (Å²) in [6, 6.07) is 4.15. The molecule has 1 aliphatic rings. The van der Waals surface area contributed by atoms with Crippen LogP contribution in [0.4, 0.5) is 5.82 Å². The molecule has 3 N–H and O–H groups in total. The molecule has 0 radical (unpaired) electrons. The van der Waals surface area contributed by atoms with Crippen molar-refractivity contribution in [3.63, 3.8) is 0 Å². The van der Waals surface area contributed by atoms with E-state index in [1.165, 1.54) is 23.7 Å². The van der Waals surface area contributed by atoms with Gasteiger partial charge in [0.15, 0.2) is 22.1 Å². The summed E-state index contributed by atoms with van der Waals surface area (Å²) in [5, 5.41) is 0.613.